The van der Waals surface area contributed by atoms with E-state index in [1.807, 2.05) is 26.0 Å². The first-order valence-corrected chi connectivity index (χ1v) is 12.9. The normalized spacial score (nSPS) is 12.3. The lowest BCUT2D eigenvalue weighted by Gasteiger charge is -2.20. The van der Waals surface area contributed by atoms with Crippen molar-refractivity contribution in [1.29, 1.82) is 0 Å². The van der Waals surface area contributed by atoms with Crippen LogP contribution in [0.5, 0.6) is 0 Å². The fourth-order valence-electron chi connectivity index (χ4n) is 4.28. The maximum atomic E-state index is 13.1. The zero-order chi connectivity index (χ0) is 25.5. The van der Waals surface area contributed by atoms with E-state index in [0.717, 1.165) is 36.1 Å². The van der Waals surface area contributed by atoms with Gasteiger partial charge in [-0.3, -0.25) is 14.4 Å². The first kappa shape index (κ1) is 26.4. The maximum Gasteiger partial charge on any atom is 0.322 e. The summed E-state index contributed by atoms with van der Waals surface area (Å²) in [6.45, 7) is 7.72. The Kier molecular flexibility index (Phi) is 9.03. The van der Waals surface area contributed by atoms with E-state index in [0.29, 0.717) is 18.0 Å². The number of amides is 2. The summed E-state index contributed by atoms with van der Waals surface area (Å²) in [6, 6.07) is 9.07. The van der Waals surface area contributed by atoms with Crippen LogP contribution < -0.4 is 10.6 Å². The average molecular weight is 499 g/mol. The van der Waals surface area contributed by atoms with Gasteiger partial charge in [-0.2, -0.15) is 0 Å². The number of carbonyl (C=O) groups excluding carboxylic acids is 2. The number of carboxylic acids is 1. The largest absolute Gasteiger partial charge is 0.480 e. The van der Waals surface area contributed by atoms with Crippen LogP contribution in [-0.2, 0) is 16.0 Å². The number of hydrogen-bond acceptors (Lipinski definition) is 5. The Balaban J connectivity index is 1.90. The second kappa shape index (κ2) is 12.0. The van der Waals surface area contributed by atoms with Crippen LogP contribution in [0.1, 0.15) is 74.1 Å². The van der Waals surface area contributed by atoms with E-state index in [-0.39, 0.29) is 11.8 Å². The molecular weight excluding hydrogens is 464 g/mol. The molecule has 3 N–H and O–H groups in total. The van der Waals surface area contributed by atoms with Crippen LogP contribution in [0.4, 0.5) is 0 Å². The first-order valence-electron chi connectivity index (χ1n) is 12.1. The number of carboxylic acid groups (broad SMARTS) is 1. The molecule has 2 aromatic heterocycles. The number of fused-ring (bicyclic) bond motifs is 1. The monoisotopic (exact) mass is 498 g/mol. The van der Waals surface area contributed by atoms with Gasteiger partial charge in [0.15, 0.2) is 0 Å². The van der Waals surface area contributed by atoms with Gasteiger partial charge in [-0.05, 0) is 54.8 Å². The fraction of sp³-hybridized carbons (Fsp3) is 0.462. The van der Waals surface area contributed by atoms with Crippen LogP contribution >= 0.6 is 11.3 Å². The second-order valence-corrected chi connectivity index (χ2v) is 10.1. The molecule has 1 aromatic carbocycles. The lowest BCUT2D eigenvalue weighted by atomic mass is 10.0. The van der Waals surface area contributed by atoms with Crippen molar-refractivity contribution in [1.82, 2.24) is 20.2 Å². The summed E-state index contributed by atoms with van der Waals surface area (Å²) < 4.78 is 2.29. The van der Waals surface area contributed by atoms with Crippen LogP contribution in [0.3, 0.4) is 0 Å². The van der Waals surface area contributed by atoms with E-state index in [2.05, 4.69) is 40.5 Å². The van der Waals surface area contributed by atoms with Crippen molar-refractivity contribution >= 4 is 40.2 Å². The third-order valence-corrected chi connectivity index (χ3v) is 6.86. The number of aliphatic carboxylic acids is 1. The minimum Gasteiger partial charge on any atom is -0.480 e. The summed E-state index contributed by atoms with van der Waals surface area (Å²) in [5.41, 5.74) is 2.14. The minimum absolute atomic E-state index is 0.133. The number of benzene rings is 1. The molecule has 0 aliphatic rings. The molecule has 2 amide bonds. The Hall–Kier alpha value is -3.20. The van der Waals surface area contributed by atoms with Crippen LogP contribution in [0.15, 0.2) is 35.7 Å². The quantitative estimate of drug-likeness (QED) is 0.343. The molecule has 0 aliphatic carbocycles. The molecule has 3 rings (SSSR count). The highest BCUT2D eigenvalue weighted by Gasteiger charge is 2.24. The summed E-state index contributed by atoms with van der Waals surface area (Å²) in [5, 5.41) is 16.1. The molecule has 2 heterocycles. The van der Waals surface area contributed by atoms with Crippen molar-refractivity contribution in [2.45, 2.75) is 65.5 Å². The van der Waals surface area contributed by atoms with E-state index in [1.54, 1.807) is 23.5 Å². The SMILES string of the molecule is CCC(CC)n1c(Cc2cccs2)nc2cc(C(=O)N[C@@H](CC(C)C)C(=O)NCC(=O)O)ccc21. The van der Waals surface area contributed by atoms with Gasteiger partial charge in [0.25, 0.3) is 5.91 Å². The number of aromatic nitrogens is 2. The molecule has 35 heavy (non-hydrogen) atoms. The first-order chi connectivity index (χ1) is 16.7. The Labute approximate surface area is 209 Å². The Morgan fingerprint density at radius 3 is 2.49 bits per heavy atom. The lowest BCUT2D eigenvalue weighted by Crippen LogP contribution is -2.48. The van der Waals surface area contributed by atoms with Crippen LogP contribution in [0.25, 0.3) is 11.0 Å². The standard InChI is InChI=1S/C26H34N4O4S/c1-5-18(6-2)30-22-10-9-17(13-20(22)28-23(30)14-19-8-7-11-35-19)25(33)29-21(12-16(3)4)26(34)27-15-24(31)32/h7-11,13,16,18,21H,5-6,12,14-15H2,1-4H3,(H,27,34)(H,29,33)(H,31,32)/t21-/m0/s1. The zero-order valence-corrected chi connectivity index (χ0v) is 21.5. The van der Waals surface area contributed by atoms with Crippen molar-refractivity contribution in [2.75, 3.05) is 6.54 Å². The third kappa shape index (κ3) is 6.69. The number of rotatable bonds is 12. The van der Waals surface area contributed by atoms with Gasteiger partial charge < -0.3 is 20.3 Å². The molecule has 0 aliphatic heterocycles. The van der Waals surface area contributed by atoms with Crippen LogP contribution in [0, 0.1) is 5.92 Å². The second-order valence-electron chi connectivity index (χ2n) is 9.10. The molecular formula is C26H34N4O4S. The number of thiophene rings is 1. The predicted octanol–water partition coefficient (Wildman–Crippen LogP) is 4.40. The van der Waals surface area contributed by atoms with Gasteiger partial charge >= 0.3 is 5.97 Å². The molecule has 0 radical (unpaired) electrons. The van der Waals surface area contributed by atoms with Crippen molar-refractivity contribution in [3.63, 3.8) is 0 Å². The summed E-state index contributed by atoms with van der Waals surface area (Å²) in [5.74, 6) is -0.926. The van der Waals surface area contributed by atoms with Crippen LogP contribution in [0.2, 0.25) is 0 Å². The Bertz CT molecular complexity index is 1170. The van der Waals surface area contributed by atoms with Crippen molar-refractivity contribution in [3.05, 3.63) is 52.0 Å². The van der Waals surface area contributed by atoms with Crippen molar-refractivity contribution in [3.8, 4) is 0 Å². The highest BCUT2D eigenvalue weighted by molar-refractivity contribution is 7.09. The maximum absolute atomic E-state index is 13.1. The van der Waals surface area contributed by atoms with E-state index >= 15 is 0 Å². The Morgan fingerprint density at radius 2 is 1.89 bits per heavy atom. The summed E-state index contributed by atoms with van der Waals surface area (Å²) >= 11 is 1.70. The van der Waals surface area contributed by atoms with E-state index in [4.69, 9.17) is 10.1 Å². The molecule has 0 spiro atoms. The number of nitrogens with one attached hydrogen (secondary N) is 2. The molecule has 0 unspecified atom stereocenters. The summed E-state index contributed by atoms with van der Waals surface area (Å²) in [6.07, 6.45) is 3.08. The molecule has 188 valence electrons. The van der Waals surface area contributed by atoms with Gasteiger partial charge in [0.05, 0.1) is 11.0 Å². The molecule has 0 fully saturated rings. The zero-order valence-electron chi connectivity index (χ0n) is 20.7. The number of nitrogens with zero attached hydrogens (tertiary/aromatic N) is 2. The highest BCUT2D eigenvalue weighted by Crippen LogP contribution is 2.28. The van der Waals surface area contributed by atoms with Crippen molar-refractivity contribution < 1.29 is 19.5 Å². The molecule has 1 atom stereocenters. The number of carbonyl (C=O) groups is 3. The highest BCUT2D eigenvalue weighted by atomic mass is 32.1. The molecule has 0 saturated heterocycles. The van der Waals surface area contributed by atoms with Gasteiger partial charge in [-0.1, -0.05) is 33.8 Å². The average Bonchev–Trinajstić information content (AvgIpc) is 3.45. The predicted molar refractivity (Wildman–Crippen MR) is 138 cm³/mol. The van der Waals surface area contributed by atoms with Gasteiger partial charge in [0.2, 0.25) is 5.91 Å². The molecule has 0 bridgehead atoms. The number of imidazole rings is 1. The molecule has 3 aromatic rings. The smallest absolute Gasteiger partial charge is 0.322 e. The minimum atomic E-state index is -1.13. The molecule has 0 saturated carbocycles. The van der Waals surface area contributed by atoms with E-state index in [9.17, 15) is 14.4 Å². The Morgan fingerprint density at radius 1 is 1.14 bits per heavy atom. The summed E-state index contributed by atoms with van der Waals surface area (Å²) in [4.78, 5) is 42.5. The topological polar surface area (TPSA) is 113 Å². The van der Waals surface area contributed by atoms with Gasteiger partial charge in [-0.25, -0.2) is 4.98 Å². The van der Waals surface area contributed by atoms with E-state index < -0.39 is 24.5 Å². The third-order valence-electron chi connectivity index (χ3n) is 5.99. The van der Waals surface area contributed by atoms with E-state index in [1.165, 1.54) is 4.88 Å². The lowest BCUT2D eigenvalue weighted by molar-refractivity contribution is -0.138. The summed E-state index contributed by atoms with van der Waals surface area (Å²) in [7, 11) is 0. The number of hydrogen-bond donors (Lipinski definition) is 3. The van der Waals surface area contributed by atoms with Crippen LogP contribution in [-0.4, -0.2) is 45.0 Å². The van der Waals surface area contributed by atoms with Gasteiger partial charge in [-0.15, -0.1) is 11.3 Å². The van der Waals surface area contributed by atoms with Gasteiger partial charge in [0, 0.05) is 22.9 Å². The molecule has 9 heteroatoms. The van der Waals surface area contributed by atoms with Gasteiger partial charge in [0.1, 0.15) is 18.4 Å². The fourth-order valence-corrected chi connectivity index (χ4v) is 4.98. The molecule has 8 nitrogen and oxygen atoms in total. The van der Waals surface area contributed by atoms with Crippen molar-refractivity contribution in [2.24, 2.45) is 5.92 Å².